The Hall–Kier alpha value is -3.21. The molecule has 0 saturated heterocycles. The fourth-order valence-corrected chi connectivity index (χ4v) is 2.98. The fraction of sp³-hybridized carbons (Fsp3) is 0.100. The van der Waals surface area contributed by atoms with Crippen molar-refractivity contribution in [2.45, 2.75) is 13.8 Å². The maximum absolute atomic E-state index is 14.4. The molecule has 0 aliphatic rings. The molecule has 0 amide bonds. The summed E-state index contributed by atoms with van der Waals surface area (Å²) in [7, 11) is 0. The van der Waals surface area contributed by atoms with Crippen LogP contribution in [0.1, 0.15) is 11.1 Å². The van der Waals surface area contributed by atoms with Gasteiger partial charge in [0.1, 0.15) is 17.3 Å². The van der Waals surface area contributed by atoms with Crippen LogP contribution >= 0.6 is 0 Å². The zero-order chi connectivity index (χ0) is 17.4. The van der Waals surface area contributed by atoms with Gasteiger partial charge in [0.2, 0.25) is 5.78 Å². The van der Waals surface area contributed by atoms with Crippen molar-refractivity contribution in [3.8, 4) is 11.3 Å². The van der Waals surface area contributed by atoms with Gasteiger partial charge >= 0.3 is 0 Å². The van der Waals surface area contributed by atoms with Gasteiger partial charge in [-0.2, -0.15) is 0 Å². The van der Waals surface area contributed by atoms with Crippen molar-refractivity contribution in [3.63, 3.8) is 0 Å². The lowest BCUT2D eigenvalue weighted by molar-refractivity contribution is 0.631. The van der Waals surface area contributed by atoms with E-state index in [0.717, 1.165) is 16.8 Å². The Morgan fingerprint density at radius 3 is 2.48 bits per heavy atom. The van der Waals surface area contributed by atoms with Gasteiger partial charge in [-0.05, 0) is 43.2 Å². The average molecular weight is 332 g/mol. The van der Waals surface area contributed by atoms with Gasteiger partial charge in [0.15, 0.2) is 0 Å². The van der Waals surface area contributed by atoms with E-state index in [1.165, 1.54) is 6.07 Å². The van der Waals surface area contributed by atoms with Crippen LogP contribution in [0.15, 0.2) is 60.9 Å². The first-order valence-corrected chi connectivity index (χ1v) is 8.06. The summed E-state index contributed by atoms with van der Waals surface area (Å²) in [6.07, 6.45) is 3.55. The van der Waals surface area contributed by atoms with E-state index in [4.69, 9.17) is 0 Å². The molecule has 0 atom stereocenters. The topological polar surface area (TPSA) is 42.2 Å². The minimum Gasteiger partial charge on any atom is -0.339 e. The molecule has 0 saturated carbocycles. The van der Waals surface area contributed by atoms with E-state index in [9.17, 15) is 4.39 Å². The summed E-state index contributed by atoms with van der Waals surface area (Å²) in [6, 6.07) is 14.6. The Morgan fingerprint density at radius 2 is 1.72 bits per heavy atom. The predicted molar refractivity (Wildman–Crippen MR) is 97.6 cm³/mol. The molecule has 4 nitrogen and oxygen atoms in total. The number of imidazole rings is 1. The summed E-state index contributed by atoms with van der Waals surface area (Å²) in [6.45, 7) is 4.08. The number of rotatable bonds is 3. The highest BCUT2D eigenvalue weighted by Gasteiger charge is 2.18. The molecule has 4 aromatic rings. The van der Waals surface area contributed by atoms with E-state index < -0.39 is 0 Å². The van der Waals surface area contributed by atoms with Crippen LogP contribution in [0.25, 0.3) is 17.0 Å². The maximum atomic E-state index is 14.4. The Morgan fingerprint density at radius 1 is 0.960 bits per heavy atom. The minimum absolute atomic E-state index is 0.310. The van der Waals surface area contributed by atoms with Crippen LogP contribution in [-0.4, -0.2) is 14.4 Å². The molecule has 0 radical (unpaired) electrons. The molecule has 0 spiro atoms. The first-order chi connectivity index (χ1) is 12.1. The number of benzene rings is 2. The second-order valence-corrected chi connectivity index (χ2v) is 5.97. The number of hydrogen-bond donors (Lipinski definition) is 1. The number of halogens is 1. The SMILES string of the molecule is Cc1cccc(C)c1Nc1c(-c2ccccc2F)nc2ncccn12. The second kappa shape index (κ2) is 6.02. The molecule has 5 heteroatoms. The lowest BCUT2D eigenvalue weighted by atomic mass is 10.1. The van der Waals surface area contributed by atoms with Crippen molar-refractivity contribution in [2.24, 2.45) is 0 Å². The predicted octanol–water partition coefficient (Wildman–Crippen LogP) is 4.90. The quantitative estimate of drug-likeness (QED) is 0.580. The number of hydrogen-bond acceptors (Lipinski definition) is 3. The fourth-order valence-electron chi connectivity index (χ4n) is 2.98. The third-order valence-electron chi connectivity index (χ3n) is 4.26. The Balaban J connectivity index is 1.96. The van der Waals surface area contributed by atoms with Crippen LogP contribution in [0.4, 0.5) is 15.9 Å². The third kappa shape index (κ3) is 2.63. The summed E-state index contributed by atoms with van der Waals surface area (Å²) < 4.78 is 16.2. The van der Waals surface area contributed by atoms with Crippen molar-refractivity contribution >= 4 is 17.3 Å². The van der Waals surface area contributed by atoms with Crippen LogP contribution < -0.4 is 5.32 Å². The van der Waals surface area contributed by atoms with Gasteiger partial charge in [0.05, 0.1) is 0 Å². The molecule has 124 valence electrons. The number of aryl methyl sites for hydroxylation is 2. The monoisotopic (exact) mass is 332 g/mol. The number of nitrogens with one attached hydrogen (secondary N) is 1. The molecule has 0 bridgehead atoms. The molecule has 0 unspecified atom stereocenters. The van der Waals surface area contributed by atoms with Crippen LogP contribution in [0.2, 0.25) is 0 Å². The molecule has 0 aliphatic carbocycles. The Labute approximate surface area is 145 Å². The first kappa shape index (κ1) is 15.3. The molecule has 2 aromatic carbocycles. The van der Waals surface area contributed by atoms with E-state index in [1.54, 1.807) is 24.4 Å². The highest BCUT2D eigenvalue weighted by Crippen LogP contribution is 2.33. The van der Waals surface area contributed by atoms with Crippen LogP contribution in [0.5, 0.6) is 0 Å². The number of para-hydroxylation sites is 1. The zero-order valence-corrected chi connectivity index (χ0v) is 14.0. The molecular weight excluding hydrogens is 315 g/mol. The molecule has 1 N–H and O–H groups in total. The van der Waals surface area contributed by atoms with E-state index in [0.29, 0.717) is 22.9 Å². The zero-order valence-electron chi connectivity index (χ0n) is 14.0. The lowest BCUT2D eigenvalue weighted by Gasteiger charge is -2.14. The molecular formula is C20H17FN4. The van der Waals surface area contributed by atoms with Crippen molar-refractivity contribution in [2.75, 3.05) is 5.32 Å². The Bertz CT molecular complexity index is 1050. The second-order valence-electron chi connectivity index (χ2n) is 5.97. The Kier molecular flexibility index (Phi) is 3.69. The molecule has 0 aliphatic heterocycles. The first-order valence-electron chi connectivity index (χ1n) is 8.06. The van der Waals surface area contributed by atoms with Gasteiger partial charge in [-0.3, -0.25) is 4.40 Å². The molecule has 4 rings (SSSR count). The highest BCUT2D eigenvalue weighted by atomic mass is 19.1. The van der Waals surface area contributed by atoms with Gasteiger partial charge in [0, 0.05) is 23.6 Å². The average Bonchev–Trinajstić information content (AvgIpc) is 2.97. The van der Waals surface area contributed by atoms with Gasteiger partial charge in [-0.25, -0.2) is 14.4 Å². The third-order valence-corrected chi connectivity index (χ3v) is 4.26. The molecule has 2 heterocycles. The van der Waals surface area contributed by atoms with Gasteiger partial charge < -0.3 is 5.32 Å². The van der Waals surface area contributed by atoms with Gasteiger partial charge in [0.25, 0.3) is 0 Å². The van der Waals surface area contributed by atoms with E-state index in [1.807, 2.05) is 48.7 Å². The number of nitrogens with zero attached hydrogens (tertiary/aromatic N) is 3. The molecule has 0 fully saturated rings. The number of anilines is 2. The molecule has 25 heavy (non-hydrogen) atoms. The van der Waals surface area contributed by atoms with E-state index >= 15 is 0 Å². The number of aromatic nitrogens is 3. The molecule has 2 aromatic heterocycles. The van der Waals surface area contributed by atoms with Crippen LogP contribution in [0.3, 0.4) is 0 Å². The van der Waals surface area contributed by atoms with E-state index in [-0.39, 0.29) is 5.82 Å². The highest BCUT2D eigenvalue weighted by molar-refractivity contribution is 5.80. The van der Waals surface area contributed by atoms with Crippen LogP contribution in [0, 0.1) is 19.7 Å². The van der Waals surface area contributed by atoms with Gasteiger partial charge in [-0.15, -0.1) is 0 Å². The lowest BCUT2D eigenvalue weighted by Crippen LogP contribution is -2.01. The van der Waals surface area contributed by atoms with Crippen molar-refractivity contribution in [1.82, 2.24) is 14.4 Å². The summed E-state index contributed by atoms with van der Waals surface area (Å²) >= 11 is 0. The van der Waals surface area contributed by atoms with Crippen molar-refractivity contribution < 1.29 is 4.39 Å². The minimum atomic E-state index is -0.310. The van der Waals surface area contributed by atoms with Crippen molar-refractivity contribution in [3.05, 3.63) is 77.9 Å². The largest absolute Gasteiger partial charge is 0.339 e. The summed E-state index contributed by atoms with van der Waals surface area (Å²) in [5.74, 6) is 0.913. The normalized spacial score (nSPS) is 11.0. The smallest absolute Gasteiger partial charge is 0.235 e. The van der Waals surface area contributed by atoms with Gasteiger partial charge in [-0.1, -0.05) is 30.3 Å². The summed E-state index contributed by atoms with van der Waals surface area (Å²) in [4.78, 5) is 8.84. The number of fused-ring (bicyclic) bond motifs is 1. The van der Waals surface area contributed by atoms with E-state index in [2.05, 4.69) is 15.3 Å². The van der Waals surface area contributed by atoms with Crippen LogP contribution in [-0.2, 0) is 0 Å². The van der Waals surface area contributed by atoms with Crippen molar-refractivity contribution in [1.29, 1.82) is 0 Å². The summed E-state index contributed by atoms with van der Waals surface area (Å²) in [5.41, 5.74) is 4.20. The standard InChI is InChI=1S/C20H17FN4/c1-13-7-5-8-14(2)17(13)23-19-18(15-9-3-4-10-16(15)21)24-20-22-11-6-12-25(19)20/h3-12,23H,1-2H3. The summed E-state index contributed by atoms with van der Waals surface area (Å²) in [5, 5.41) is 3.45. The maximum Gasteiger partial charge on any atom is 0.235 e.